The fourth-order valence-electron chi connectivity index (χ4n) is 0.821. The summed E-state index contributed by atoms with van der Waals surface area (Å²) in [6, 6.07) is 0. The number of rotatable bonds is 7. The van der Waals surface area contributed by atoms with Crippen molar-refractivity contribution < 1.29 is 54.6 Å². The number of esters is 1. The van der Waals surface area contributed by atoms with Gasteiger partial charge in [0, 0.05) is 12.2 Å². The molecule has 0 fully saturated rings. The van der Waals surface area contributed by atoms with Crippen molar-refractivity contribution >= 4 is 11.9 Å². The van der Waals surface area contributed by atoms with Gasteiger partial charge in [0.05, 0.1) is 0 Å². The molecular weight excluding hydrogens is 324 g/mol. The normalized spacial score (nSPS) is 13.8. The molecule has 0 amide bonds. The summed E-state index contributed by atoms with van der Waals surface area (Å²) in [5.74, 6) is -22.2. The number of ether oxygens (including phenoxy) is 1. The van der Waals surface area contributed by atoms with Crippen LogP contribution in [0.15, 0.2) is 12.2 Å². The number of carbonyl (C=O) groups excluding carboxylic acids is 1. The van der Waals surface area contributed by atoms with Crippen molar-refractivity contribution in [2.45, 2.75) is 24.2 Å². The number of halogens is 8. The predicted octanol–water partition coefficient (Wildman–Crippen LogP) is 2.34. The van der Waals surface area contributed by atoms with Gasteiger partial charge in [-0.25, -0.2) is 18.4 Å². The fraction of sp³-hybridized carbons (Fsp3) is 0.556. The summed E-state index contributed by atoms with van der Waals surface area (Å²) in [6.45, 7) is -2.65. The topological polar surface area (TPSA) is 63.6 Å². The van der Waals surface area contributed by atoms with Gasteiger partial charge in [-0.05, 0) is 0 Å². The van der Waals surface area contributed by atoms with E-state index in [2.05, 4.69) is 4.74 Å². The van der Waals surface area contributed by atoms with Gasteiger partial charge >= 0.3 is 36.1 Å². The van der Waals surface area contributed by atoms with Crippen molar-refractivity contribution in [1.29, 1.82) is 0 Å². The zero-order chi connectivity index (χ0) is 17.1. The molecule has 0 aliphatic rings. The second-order valence-electron chi connectivity index (χ2n) is 3.48. The minimum absolute atomic E-state index is 0.0296. The Hall–Kier alpha value is -1.88. The van der Waals surface area contributed by atoms with Gasteiger partial charge in [0.25, 0.3) is 0 Å². The average Bonchev–Trinajstić information content (AvgIpc) is 2.33. The monoisotopic (exact) mass is 330 g/mol. The molecule has 0 aliphatic carbocycles. The molecule has 0 aromatic heterocycles. The quantitative estimate of drug-likeness (QED) is 0.442. The number of carboxylic acid groups (broad SMARTS) is 1. The molecule has 0 saturated carbocycles. The van der Waals surface area contributed by atoms with Gasteiger partial charge in [0.1, 0.15) is 0 Å². The fourth-order valence-corrected chi connectivity index (χ4v) is 0.821. The van der Waals surface area contributed by atoms with Crippen LogP contribution in [0.1, 0.15) is 0 Å². The molecule has 122 valence electrons. The predicted molar refractivity (Wildman–Crippen MR) is 48.6 cm³/mol. The smallest absolute Gasteiger partial charge is 0.381 e. The van der Waals surface area contributed by atoms with Crippen molar-refractivity contribution in [3.05, 3.63) is 12.2 Å². The van der Waals surface area contributed by atoms with Crippen molar-refractivity contribution in [2.75, 3.05) is 6.61 Å². The van der Waals surface area contributed by atoms with Gasteiger partial charge in [-0.3, -0.25) is 0 Å². The van der Waals surface area contributed by atoms with Crippen molar-refractivity contribution in [3.63, 3.8) is 0 Å². The van der Waals surface area contributed by atoms with Crippen LogP contribution in [0.25, 0.3) is 0 Å². The summed E-state index contributed by atoms with van der Waals surface area (Å²) in [7, 11) is 0. The molecule has 0 bridgehead atoms. The molecule has 12 heteroatoms. The highest BCUT2D eigenvalue weighted by molar-refractivity contribution is 5.90. The highest BCUT2D eigenvalue weighted by Crippen LogP contribution is 2.48. The van der Waals surface area contributed by atoms with Gasteiger partial charge in [-0.1, -0.05) is 0 Å². The minimum atomic E-state index is -6.50. The Labute approximate surface area is 111 Å². The molecule has 1 N–H and O–H groups in total. The highest BCUT2D eigenvalue weighted by Gasteiger charge is 2.75. The summed E-state index contributed by atoms with van der Waals surface area (Å²) in [6.07, 6.45) is -4.96. The first-order chi connectivity index (χ1) is 9.25. The van der Waals surface area contributed by atoms with E-state index < -0.39 is 42.7 Å². The van der Waals surface area contributed by atoms with E-state index in [4.69, 9.17) is 5.11 Å². The van der Waals surface area contributed by atoms with Gasteiger partial charge in [0.15, 0.2) is 6.61 Å². The third-order valence-corrected chi connectivity index (χ3v) is 1.91. The van der Waals surface area contributed by atoms with Crippen molar-refractivity contribution in [1.82, 2.24) is 0 Å². The van der Waals surface area contributed by atoms with Gasteiger partial charge in [-0.2, -0.15) is 26.3 Å². The van der Waals surface area contributed by atoms with Crippen LogP contribution < -0.4 is 0 Å². The molecule has 4 nitrogen and oxygen atoms in total. The van der Waals surface area contributed by atoms with Gasteiger partial charge in [-0.15, -0.1) is 0 Å². The Morgan fingerprint density at radius 2 is 1.52 bits per heavy atom. The molecule has 0 unspecified atom stereocenters. The third-order valence-electron chi connectivity index (χ3n) is 1.91. The largest absolute Gasteiger partial charge is 0.478 e. The summed E-state index contributed by atoms with van der Waals surface area (Å²) >= 11 is 0. The molecule has 0 radical (unpaired) electrons. The van der Waals surface area contributed by atoms with Gasteiger partial charge < -0.3 is 9.84 Å². The Morgan fingerprint density at radius 1 is 1.05 bits per heavy atom. The first-order valence-corrected chi connectivity index (χ1v) is 4.75. The van der Waals surface area contributed by atoms with Crippen LogP contribution in [0.4, 0.5) is 35.1 Å². The molecule has 0 aliphatic heterocycles. The second kappa shape index (κ2) is 6.26. The Kier molecular flexibility index (Phi) is 5.70. The second-order valence-corrected chi connectivity index (χ2v) is 3.48. The molecule has 0 atom stereocenters. The van der Waals surface area contributed by atoms with E-state index in [0.717, 1.165) is 0 Å². The van der Waals surface area contributed by atoms with E-state index in [1.165, 1.54) is 0 Å². The number of hydrogen-bond donors (Lipinski definition) is 1. The number of hydrogen-bond acceptors (Lipinski definition) is 3. The lowest BCUT2D eigenvalue weighted by Crippen LogP contribution is -2.59. The maximum atomic E-state index is 12.8. The summed E-state index contributed by atoms with van der Waals surface area (Å²) < 4.78 is 103. The molecule has 0 heterocycles. The minimum Gasteiger partial charge on any atom is -0.478 e. The van der Waals surface area contributed by atoms with Crippen LogP contribution in [0.3, 0.4) is 0 Å². The molecular formula is C9H6F8O4. The zero-order valence-electron chi connectivity index (χ0n) is 9.63. The number of aliphatic carboxylic acids is 1. The van der Waals surface area contributed by atoms with E-state index >= 15 is 0 Å². The lowest BCUT2D eigenvalue weighted by Gasteiger charge is -2.31. The molecule has 0 spiro atoms. The van der Waals surface area contributed by atoms with E-state index in [9.17, 15) is 44.7 Å². The molecule has 0 rings (SSSR count). The van der Waals surface area contributed by atoms with E-state index in [1.807, 2.05) is 0 Å². The van der Waals surface area contributed by atoms with Crippen LogP contribution in [0.2, 0.25) is 0 Å². The maximum absolute atomic E-state index is 12.8. The number of carbonyl (C=O) groups is 2. The Balaban J connectivity index is 4.98. The van der Waals surface area contributed by atoms with Crippen molar-refractivity contribution in [3.8, 4) is 0 Å². The molecule has 21 heavy (non-hydrogen) atoms. The van der Waals surface area contributed by atoms with E-state index in [-0.39, 0.29) is 12.2 Å². The van der Waals surface area contributed by atoms with Crippen molar-refractivity contribution in [2.24, 2.45) is 0 Å². The third kappa shape index (κ3) is 4.29. The Morgan fingerprint density at radius 3 is 1.90 bits per heavy atom. The summed E-state index contributed by atoms with van der Waals surface area (Å²) in [5, 5.41) is 8.04. The molecule has 0 aromatic rings. The SMILES string of the molecule is O=C(O)C=CC(=O)OCC(F)(F)C(F)(F)C(F)(F)C(F)F. The van der Waals surface area contributed by atoms with Crippen LogP contribution >= 0.6 is 0 Å². The van der Waals surface area contributed by atoms with Crippen LogP contribution in [-0.2, 0) is 14.3 Å². The van der Waals surface area contributed by atoms with Crippen LogP contribution in [-0.4, -0.2) is 47.8 Å². The molecule has 0 saturated heterocycles. The number of carboxylic acids is 1. The lowest BCUT2D eigenvalue weighted by atomic mass is 10.1. The average molecular weight is 330 g/mol. The van der Waals surface area contributed by atoms with Gasteiger partial charge in [0.2, 0.25) is 0 Å². The summed E-state index contributed by atoms with van der Waals surface area (Å²) in [5.41, 5.74) is 0. The maximum Gasteiger partial charge on any atom is 0.381 e. The first-order valence-electron chi connectivity index (χ1n) is 4.75. The highest BCUT2D eigenvalue weighted by atomic mass is 19.4. The molecule has 0 aromatic carbocycles. The standard InChI is InChI=1S/C9H6F8O4/c10-6(11)8(14,15)9(16,17)7(12,13)3-21-5(20)2-1-4(18)19/h1-2,6H,3H2,(H,18,19). The number of alkyl halides is 8. The zero-order valence-corrected chi connectivity index (χ0v) is 9.63. The van der Waals surface area contributed by atoms with E-state index in [0.29, 0.717) is 0 Å². The summed E-state index contributed by atoms with van der Waals surface area (Å²) in [4.78, 5) is 20.5. The first kappa shape index (κ1) is 19.1. The van der Waals surface area contributed by atoms with E-state index in [1.54, 1.807) is 0 Å². The lowest BCUT2D eigenvalue weighted by molar-refractivity contribution is -0.344. The Bertz CT molecular complexity index is 431. The van der Waals surface area contributed by atoms with Crippen LogP contribution in [0, 0.1) is 0 Å². The van der Waals surface area contributed by atoms with Crippen LogP contribution in [0.5, 0.6) is 0 Å².